The Balaban J connectivity index is 1.42. The number of amides is 1. The van der Waals surface area contributed by atoms with E-state index in [1.807, 2.05) is 23.1 Å². The van der Waals surface area contributed by atoms with Crippen molar-refractivity contribution in [3.05, 3.63) is 47.2 Å². The van der Waals surface area contributed by atoms with Gasteiger partial charge in [0.05, 0.1) is 39.1 Å². The third-order valence-electron chi connectivity index (χ3n) is 7.45. The van der Waals surface area contributed by atoms with Crippen LogP contribution in [0.1, 0.15) is 60.4 Å². The number of hydrogen-bond acceptors (Lipinski definition) is 8. The summed E-state index contributed by atoms with van der Waals surface area (Å²) in [5.74, 6) is -0.278. The molecule has 9 heteroatoms. The number of nitrogens with zero attached hydrogens (tertiary/aromatic N) is 2. The molecule has 204 valence electrons. The Labute approximate surface area is 219 Å². The fourth-order valence-corrected chi connectivity index (χ4v) is 5.41. The molecule has 9 nitrogen and oxygen atoms in total. The van der Waals surface area contributed by atoms with Crippen LogP contribution >= 0.6 is 0 Å². The predicted octanol–water partition coefficient (Wildman–Crippen LogP) is 2.69. The molecule has 4 rings (SSSR count). The van der Waals surface area contributed by atoms with Crippen LogP contribution in [0.2, 0.25) is 0 Å². The van der Waals surface area contributed by atoms with Crippen molar-refractivity contribution in [1.82, 2.24) is 9.80 Å². The minimum absolute atomic E-state index is 0.0423. The highest BCUT2D eigenvalue weighted by Gasteiger charge is 2.34. The second kappa shape index (κ2) is 13.9. The van der Waals surface area contributed by atoms with Crippen molar-refractivity contribution in [3.63, 3.8) is 0 Å². The zero-order valence-corrected chi connectivity index (χ0v) is 21.8. The van der Waals surface area contributed by atoms with E-state index in [1.165, 1.54) is 39.5 Å². The monoisotopic (exact) mass is 516 g/mol. The Morgan fingerprint density at radius 1 is 1.00 bits per heavy atom. The number of aliphatic hydroxyl groups excluding tert-OH is 1. The molecule has 2 atom stereocenters. The van der Waals surface area contributed by atoms with Gasteiger partial charge in [-0.3, -0.25) is 4.79 Å². The summed E-state index contributed by atoms with van der Waals surface area (Å²) in [5.41, 5.74) is 1.44. The molecular weight excluding hydrogens is 476 g/mol. The Kier molecular flexibility index (Phi) is 10.4. The van der Waals surface area contributed by atoms with Crippen LogP contribution in [0.4, 0.5) is 0 Å². The molecule has 3 aliphatic rings. The van der Waals surface area contributed by atoms with E-state index in [2.05, 4.69) is 4.90 Å². The molecule has 1 amide bonds. The average Bonchev–Trinajstić information content (AvgIpc) is 2.96. The van der Waals surface area contributed by atoms with Crippen LogP contribution in [0.5, 0.6) is 0 Å². The Morgan fingerprint density at radius 2 is 1.73 bits per heavy atom. The Morgan fingerprint density at radius 3 is 2.41 bits per heavy atom. The van der Waals surface area contributed by atoms with Crippen molar-refractivity contribution >= 4 is 11.9 Å². The first-order chi connectivity index (χ1) is 18.1. The number of methoxy groups -OCH3 is 1. The molecule has 1 N–H and O–H groups in total. The number of carbonyl (C=O) groups excluding carboxylic acids is 2. The van der Waals surface area contributed by atoms with Crippen LogP contribution in [0.25, 0.3) is 0 Å². The number of allylic oxidation sites excluding steroid dienone is 1. The molecule has 2 saturated heterocycles. The van der Waals surface area contributed by atoms with Gasteiger partial charge >= 0.3 is 5.97 Å². The van der Waals surface area contributed by atoms with E-state index in [1.54, 1.807) is 12.1 Å². The summed E-state index contributed by atoms with van der Waals surface area (Å²) < 4.78 is 22.0. The standard InChI is InChI=1S/C28H40N2O7/c1-34-28(33)22-7-5-21(6-8-22)23-19-25(37-26(20-23)36-18-17-35-16-15-31)27(32)30-13-9-24(10-14-30)29-11-3-2-4-12-29/h5-8,19,23-24,26,31H,2-4,9-18,20H2,1H3. The highest BCUT2D eigenvalue weighted by molar-refractivity contribution is 5.92. The molecule has 0 bridgehead atoms. The first kappa shape index (κ1) is 27.6. The first-order valence-electron chi connectivity index (χ1n) is 13.5. The normalized spacial score (nSPS) is 23.3. The van der Waals surface area contributed by atoms with Gasteiger partial charge in [0.15, 0.2) is 5.76 Å². The molecule has 0 saturated carbocycles. The van der Waals surface area contributed by atoms with Crippen LogP contribution in [-0.2, 0) is 23.7 Å². The summed E-state index contributed by atoms with van der Waals surface area (Å²) in [6, 6.07) is 7.78. The van der Waals surface area contributed by atoms with Gasteiger partial charge in [0.25, 0.3) is 5.91 Å². The maximum atomic E-state index is 13.5. The molecule has 3 aliphatic heterocycles. The van der Waals surface area contributed by atoms with Gasteiger partial charge in [-0.15, -0.1) is 0 Å². The van der Waals surface area contributed by atoms with Gasteiger partial charge in [-0.1, -0.05) is 18.6 Å². The minimum atomic E-state index is -0.599. The summed E-state index contributed by atoms with van der Waals surface area (Å²) >= 11 is 0. The van der Waals surface area contributed by atoms with Crippen molar-refractivity contribution in [2.45, 2.75) is 56.8 Å². The van der Waals surface area contributed by atoms with E-state index in [0.29, 0.717) is 37.0 Å². The SMILES string of the molecule is COC(=O)c1ccc(C2C=C(C(=O)N3CCC(N4CCCCC4)CC3)OC(OCCOCCO)C2)cc1. The lowest BCUT2D eigenvalue weighted by atomic mass is 9.92. The van der Waals surface area contributed by atoms with E-state index in [4.69, 9.17) is 24.1 Å². The molecule has 0 spiro atoms. The van der Waals surface area contributed by atoms with E-state index in [0.717, 1.165) is 31.5 Å². The van der Waals surface area contributed by atoms with E-state index in [9.17, 15) is 9.59 Å². The van der Waals surface area contributed by atoms with Crippen LogP contribution in [0, 0.1) is 0 Å². The van der Waals surface area contributed by atoms with Crippen molar-refractivity contribution in [2.24, 2.45) is 0 Å². The summed E-state index contributed by atoms with van der Waals surface area (Å²) in [7, 11) is 1.36. The van der Waals surface area contributed by atoms with Gasteiger partial charge in [-0.25, -0.2) is 4.79 Å². The summed E-state index contributed by atoms with van der Waals surface area (Å²) in [6.07, 6.45) is 7.65. The molecule has 3 heterocycles. The van der Waals surface area contributed by atoms with Crippen molar-refractivity contribution in [3.8, 4) is 0 Å². The number of hydrogen-bond donors (Lipinski definition) is 1. The molecule has 37 heavy (non-hydrogen) atoms. The topological polar surface area (TPSA) is 97.8 Å². The first-order valence-corrected chi connectivity index (χ1v) is 13.5. The second-order valence-corrected chi connectivity index (χ2v) is 9.86. The summed E-state index contributed by atoms with van der Waals surface area (Å²) in [6.45, 7) is 4.62. The lowest BCUT2D eigenvalue weighted by Gasteiger charge is -2.40. The molecule has 0 aliphatic carbocycles. The fourth-order valence-electron chi connectivity index (χ4n) is 5.41. The van der Waals surface area contributed by atoms with Gasteiger partial charge in [-0.2, -0.15) is 0 Å². The fraction of sp³-hybridized carbons (Fsp3) is 0.643. The van der Waals surface area contributed by atoms with Gasteiger partial charge < -0.3 is 33.9 Å². The number of ether oxygens (including phenoxy) is 4. The predicted molar refractivity (Wildman–Crippen MR) is 137 cm³/mol. The van der Waals surface area contributed by atoms with Gasteiger partial charge in [0.1, 0.15) is 0 Å². The molecule has 1 aromatic rings. The molecule has 2 fully saturated rings. The lowest BCUT2D eigenvalue weighted by Crippen LogP contribution is -2.49. The smallest absolute Gasteiger partial charge is 0.337 e. The third kappa shape index (κ3) is 7.54. The lowest BCUT2D eigenvalue weighted by molar-refractivity contribution is -0.157. The Hall–Kier alpha value is -2.46. The second-order valence-electron chi connectivity index (χ2n) is 9.86. The summed E-state index contributed by atoms with van der Waals surface area (Å²) in [5, 5.41) is 8.88. The highest BCUT2D eigenvalue weighted by Crippen LogP contribution is 2.33. The van der Waals surface area contributed by atoms with Gasteiger partial charge in [0, 0.05) is 31.5 Å². The number of rotatable bonds is 10. The zero-order valence-electron chi connectivity index (χ0n) is 21.8. The van der Waals surface area contributed by atoms with Crippen LogP contribution in [-0.4, -0.2) is 98.8 Å². The summed E-state index contributed by atoms with van der Waals surface area (Å²) in [4.78, 5) is 29.8. The van der Waals surface area contributed by atoms with Crippen molar-refractivity contribution in [1.29, 1.82) is 0 Å². The van der Waals surface area contributed by atoms with Gasteiger partial charge in [0.2, 0.25) is 6.29 Å². The number of aliphatic hydroxyl groups is 1. The molecule has 0 radical (unpaired) electrons. The average molecular weight is 517 g/mol. The third-order valence-corrected chi connectivity index (χ3v) is 7.45. The number of carbonyl (C=O) groups is 2. The molecule has 0 aromatic heterocycles. The van der Waals surface area contributed by atoms with E-state index >= 15 is 0 Å². The largest absolute Gasteiger partial charge is 0.465 e. The number of esters is 1. The number of likely N-dealkylation sites (tertiary alicyclic amines) is 2. The Bertz CT molecular complexity index is 906. The molecule has 1 aromatic carbocycles. The maximum absolute atomic E-state index is 13.5. The molecule has 2 unspecified atom stereocenters. The molecular formula is C28H40N2O7. The zero-order chi connectivity index (χ0) is 26.0. The van der Waals surface area contributed by atoms with E-state index < -0.39 is 6.29 Å². The van der Waals surface area contributed by atoms with E-state index in [-0.39, 0.29) is 31.0 Å². The number of piperidine rings is 2. The van der Waals surface area contributed by atoms with Gasteiger partial charge in [-0.05, 0) is 62.5 Å². The minimum Gasteiger partial charge on any atom is -0.465 e. The van der Waals surface area contributed by atoms with Crippen LogP contribution in [0.15, 0.2) is 36.1 Å². The van der Waals surface area contributed by atoms with Crippen LogP contribution in [0.3, 0.4) is 0 Å². The number of benzene rings is 1. The van der Waals surface area contributed by atoms with Crippen molar-refractivity contribution < 1.29 is 33.6 Å². The van der Waals surface area contributed by atoms with Crippen molar-refractivity contribution in [2.75, 3.05) is 59.7 Å². The maximum Gasteiger partial charge on any atom is 0.337 e. The highest BCUT2D eigenvalue weighted by atomic mass is 16.7. The quantitative estimate of drug-likeness (QED) is 0.375. The van der Waals surface area contributed by atoms with Crippen LogP contribution < -0.4 is 0 Å².